The van der Waals surface area contributed by atoms with E-state index in [2.05, 4.69) is 14.7 Å². The number of hydrogen-bond donors (Lipinski definition) is 1. The second-order valence-electron chi connectivity index (χ2n) is 6.91. The van der Waals surface area contributed by atoms with Crippen LogP contribution in [0.15, 0.2) is 71.9 Å². The molecule has 0 radical (unpaired) electrons. The zero-order valence-electron chi connectivity index (χ0n) is 16.8. The number of ether oxygens (including phenoxy) is 2. The average molecular weight is 458 g/mol. The number of allylic oxidation sites excluding steroid dienone is 1. The summed E-state index contributed by atoms with van der Waals surface area (Å²) in [6, 6.07) is 11.2. The van der Waals surface area contributed by atoms with Crippen molar-refractivity contribution in [1.29, 1.82) is 0 Å². The quantitative estimate of drug-likeness (QED) is 0.558. The van der Waals surface area contributed by atoms with Crippen LogP contribution >= 0.6 is 11.6 Å². The molecule has 0 saturated carbocycles. The smallest absolute Gasteiger partial charge is 0.261 e. The molecule has 0 saturated heterocycles. The minimum Gasteiger partial charge on any atom is -0.374 e. The second-order valence-corrected chi connectivity index (χ2v) is 8.95. The number of benzene rings is 1. The maximum absolute atomic E-state index is 13.0. The topological polar surface area (TPSA) is 90.4 Å². The van der Waals surface area contributed by atoms with Crippen LogP contribution in [-0.2, 0) is 19.5 Å². The Morgan fingerprint density at radius 1 is 1.03 bits per heavy atom. The van der Waals surface area contributed by atoms with Gasteiger partial charge >= 0.3 is 0 Å². The van der Waals surface area contributed by atoms with Crippen LogP contribution in [0.5, 0.6) is 0 Å². The van der Waals surface area contributed by atoms with Crippen LogP contribution in [0.25, 0.3) is 22.0 Å². The molecule has 7 nitrogen and oxygen atoms in total. The van der Waals surface area contributed by atoms with Gasteiger partial charge in [0.2, 0.25) is 0 Å². The van der Waals surface area contributed by atoms with Crippen LogP contribution in [0.4, 0.5) is 5.69 Å². The highest BCUT2D eigenvalue weighted by atomic mass is 35.5. The third-order valence-corrected chi connectivity index (χ3v) is 6.66. The minimum atomic E-state index is -3.91. The van der Waals surface area contributed by atoms with E-state index in [9.17, 15) is 8.42 Å². The summed E-state index contributed by atoms with van der Waals surface area (Å²) in [7, 11) is -0.885. The number of methoxy groups -OCH3 is 2. The molecule has 9 heteroatoms. The first kappa shape index (κ1) is 21.5. The van der Waals surface area contributed by atoms with E-state index in [1.54, 1.807) is 24.5 Å². The van der Waals surface area contributed by atoms with E-state index < -0.39 is 16.1 Å². The van der Waals surface area contributed by atoms with E-state index in [1.807, 2.05) is 30.3 Å². The van der Waals surface area contributed by atoms with Crippen molar-refractivity contribution in [3.05, 3.63) is 77.1 Å². The maximum Gasteiger partial charge on any atom is 0.261 e. The van der Waals surface area contributed by atoms with Gasteiger partial charge in [-0.25, -0.2) is 13.4 Å². The Balaban J connectivity index is 1.65. The summed E-state index contributed by atoms with van der Waals surface area (Å²) >= 11 is 6.20. The number of hydrogen-bond acceptors (Lipinski definition) is 6. The van der Waals surface area contributed by atoms with E-state index in [4.69, 9.17) is 21.1 Å². The van der Waals surface area contributed by atoms with Gasteiger partial charge in [0.05, 0.1) is 16.1 Å². The Kier molecular flexibility index (Phi) is 6.06. The fourth-order valence-corrected chi connectivity index (χ4v) is 4.68. The van der Waals surface area contributed by atoms with Gasteiger partial charge in [0.1, 0.15) is 12.2 Å². The second kappa shape index (κ2) is 8.76. The summed E-state index contributed by atoms with van der Waals surface area (Å²) in [5.74, 6) is 0. The number of anilines is 1. The molecule has 2 heterocycles. The number of rotatable bonds is 6. The third kappa shape index (κ3) is 4.47. The minimum absolute atomic E-state index is 0.0493. The fraction of sp³-hybridized carbons (Fsp3) is 0.182. The SMILES string of the molecule is COC1C=CC(S(=O)(=O)Nc2cc(-c3ccc4ncccc4c3)cnc2Cl)=CC1OC. The van der Waals surface area contributed by atoms with Gasteiger partial charge in [0.25, 0.3) is 10.0 Å². The molecule has 0 fully saturated rings. The lowest BCUT2D eigenvalue weighted by Crippen LogP contribution is -2.30. The molecule has 2 aromatic heterocycles. The first-order chi connectivity index (χ1) is 14.9. The molecule has 0 spiro atoms. The molecule has 4 rings (SSSR count). The number of sulfonamides is 1. The standard InChI is InChI=1S/C22H20ClN3O4S/c1-29-20-8-6-17(12-21(20)30-2)31(27,28)26-19-11-16(13-25-22(19)23)14-5-7-18-15(10-14)4-3-9-24-18/h3-13,20-21,26H,1-2H3. The van der Waals surface area contributed by atoms with Crippen molar-refractivity contribution < 1.29 is 17.9 Å². The predicted molar refractivity (Wildman–Crippen MR) is 121 cm³/mol. The molecule has 0 bridgehead atoms. The molecule has 1 aliphatic rings. The Morgan fingerprint density at radius 3 is 2.61 bits per heavy atom. The van der Waals surface area contributed by atoms with E-state index in [0.717, 1.165) is 22.0 Å². The van der Waals surface area contributed by atoms with Gasteiger partial charge in [-0.3, -0.25) is 9.71 Å². The summed E-state index contributed by atoms with van der Waals surface area (Å²) in [5.41, 5.74) is 2.63. The van der Waals surface area contributed by atoms with Crippen LogP contribution in [0.3, 0.4) is 0 Å². The van der Waals surface area contributed by atoms with Gasteiger partial charge in [0.15, 0.2) is 5.15 Å². The number of fused-ring (bicyclic) bond motifs is 1. The Morgan fingerprint density at radius 2 is 1.84 bits per heavy atom. The molecule has 0 aliphatic heterocycles. The van der Waals surface area contributed by atoms with Crippen molar-refractivity contribution >= 4 is 38.2 Å². The lowest BCUT2D eigenvalue weighted by molar-refractivity contribution is 0.0137. The molecule has 1 N–H and O–H groups in total. The molecule has 1 aliphatic carbocycles. The Bertz CT molecular complexity index is 1290. The molecule has 160 valence electrons. The van der Waals surface area contributed by atoms with Gasteiger partial charge in [-0.1, -0.05) is 29.8 Å². The fourth-order valence-electron chi connectivity index (χ4n) is 3.34. The maximum atomic E-state index is 13.0. The number of nitrogens with one attached hydrogen (secondary N) is 1. The largest absolute Gasteiger partial charge is 0.374 e. The summed E-state index contributed by atoms with van der Waals surface area (Å²) in [6.45, 7) is 0. The van der Waals surface area contributed by atoms with Crippen LogP contribution in [-0.4, -0.2) is 44.8 Å². The van der Waals surface area contributed by atoms with Gasteiger partial charge in [0, 0.05) is 37.6 Å². The Labute approximate surface area is 185 Å². The van der Waals surface area contributed by atoms with Gasteiger partial charge in [-0.05, 0) is 42.0 Å². The first-order valence-corrected chi connectivity index (χ1v) is 11.3. The summed E-state index contributed by atoms with van der Waals surface area (Å²) < 4.78 is 39.1. The van der Waals surface area contributed by atoms with Crippen molar-refractivity contribution in [3.8, 4) is 11.1 Å². The van der Waals surface area contributed by atoms with Crippen LogP contribution < -0.4 is 4.72 Å². The normalized spacial score (nSPS) is 18.7. The molecule has 1 aromatic carbocycles. The van der Waals surface area contributed by atoms with Gasteiger partial charge in [-0.2, -0.15) is 0 Å². The van der Waals surface area contributed by atoms with Gasteiger partial charge in [-0.15, -0.1) is 0 Å². The van der Waals surface area contributed by atoms with E-state index in [0.29, 0.717) is 0 Å². The first-order valence-electron chi connectivity index (χ1n) is 9.40. The Hall–Kier alpha value is -2.78. The van der Waals surface area contributed by atoms with E-state index in [1.165, 1.54) is 26.4 Å². The van der Waals surface area contributed by atoms with Crippen LogP contribution in [0, 0.1) is 0 Å². The molecular weight excluding hydrogens is 438 g/mol. The lowest BCUT2D eigenvalue weighted by Gasteiger charge is -2.23. The highest BCUT2D eigenvalue weighted by Crippen LogP contribution is 2.30. The zero-order valence-corrected chi connectivity index (χ0v) is 18.4. The van der Waals surface area contributed by atoms with Crippen LogP contribution in [0.1, 0.15) is 0 Å². The number of pyridine rings is 2. The number of nitrogens with zero attached hydrogens (tertiary/aromatic N) is 2. The van der Waals surface area contributed by atoms with E-state index in [-0.39, 0.29) is 21.8 Å². The highest BCUT2D eigenvalue weighted by Gasteiger charge is 2.26. The molecular formula is C22H20ClN3O4S. The number of halogens is 1. The molecule has 31 heavy (non-hydrogen) atoms. The van der Waals surface area contributed by atoms with Crippen molar-refractivity contribution in [2.45, 2.75) is 12.2 Å². The number of aromatic nitrogens is 2. The molecule has 0 amide bonds. The zero-order chi connectivity index (χ0) is 22.0. The summed E-state index contributed by atoms with van der Waals surface area (Å²) in [6.07, 6.45) is 7.07. The van der Waals surface area contributed by atoms with Gasteiger partial charge < -0.3 is 9.47 Å². The third-order valence-electron chi connectivity index (χ3n) is 4.98. The molecule has 3 aromatic rings. The highest BCUT2D eigenvalue weighted by molar-refractivity contribution is 7.96. The van der Waals surface area contributed by atoms with E-state index >= 15 is 0 Å². The monoisotopic (exact) mass is 457 g/mol. The van der Waals surface area contributed by atoms with Crippen LogP contribution in [0.2, 0.25) is 5.15 Å². The van der Waals surface area contributed by atoms with Crippen molar-refractivity contribution in [3.63, 3.8) is 0 Å². The van der Waals surface area contributed by atoms with Crippen molar-refractivity contribution in [2.24, 2.45) is 0 Å². The lowest BCUT2D eigenvalue weighted by atomic mass is 10.0. The van der Waals surface area contributed by atoms with Crippen molar-refractivity contribution in [1.82, 2.24) is 9.97 Å². The average Bonchev–Trinajstić information content (AvgIpc) is 2.79. The predicted octanol–water partition coefficient (Wildman–Crippen LogP) is 4.18. The molecule has 2 unspecified atom stereocenters. The molecule has 2 atom stereocenters. The summed E-state index contributed by atoms with van der Waals surface area (Å²) in [4.78, 5) is 8.54. The summed E-state index contributed by atoms with van der Waals surface area (Å²) in [5, 5.41) is 1.01. The van der Waals surface area contributed by atoms with Crippen molar-refractivity contribution in [2.75, 3.05) is 18.9 Å².